The van der Waals surface area contributed by atoms with Crippen LogP contribution in [0.3, 0.4) is 0 Å². The summed E-state index contributed by atoms with van der Waals surface area (Å²) in [4.78, 5) is 3.71. The average Bonchev–Trinajstić information content (AvgIpc) is 2.52. The third-order valence-corrected chi connectivity index (χ3v) is 1.90. The van der Waals surface area contributed by atoms with Gasteiger partial charge in [-0.3, -0.25) is 4.90 Å². The van der Waals surface area contributed by atoms with Crippen LogP contribution in [-0.2, 0) is 13.6 Å². The van der Waals surface area contributed by atoms with Crippen LogP contribution < -0.4 is 5.73 Å². The second-order valence-electron chi connectivity index (χ2n) is 3.26. The van der Waals surface area contributed by atoms with Crippen LogP contribution in [0.25, 0.3) is 0 Å². The Labute approximate surface area is 84.1 Å². The third kappa shape index (κ3) is 3.39. The van der Waals surface area contributed by atoms with Crippen LogP contribution >= 0.6 is 0 Å². The van der Waals surface area contributed by atoms with Crippen molar-refractivity contribution in [3.05, 3.63) is 5.82 Å². The fourth-order valence-electron chi connectivity index (χ4n) is 1.36. The fraction of sp³-hybridized carbons (Fsp3) is 0.875. The van der Waals surface area contributed by atoms with Gasteiger partial charge in [-0.25, -0.2) is 0 Å². The predicted octanol–water partition coefficient (Wildman–Crippen LogP) is -0.619. The van der Waals surface area contributed by atoms with Crippen molar-refractivity contribution in [2.75, 3.05) is 19.6 Å². The van der Waals surface area contributed by atoms with Crippen LogP contribution in [0.2, 0.25) is 0 Å². The minimum Gasteiger partial charge on any atom is -0.329 e. The average molecular weight is 198 g/mol. The number of nitrogens with two attached hydrogens (primary N) is 1. The van der Waals surface area contributed by atoms with Gasteiger partial charge < -0.3 is 5.73 Å². The first-order valence-electron chi connectivity index (χ1n) is 4.91. The lowest BCUT2D eigenvalue weighted by Gasteiger charge is -2.18. The first-order chi connectivity index (χ1) is 6.76. The smallest absolute Gasteiger partial charge is 0.188 e. The van der Waals surface area contributed by atoms with Crippen molar-refractivity contribution in [2.24, 2.45) is 12.8 Å². The van der Waals surface area contributed by atoms with E-state index in [0.29, 0.717) is 6.54 Å². The van der Waals surface area contributed by atoms with Gasteiger partial charge in [-0.1, -0.05) is 6.92 Å². The normalized spacial score (nSPS) is 11.1. The maximum Gasteiger partial charge on any atom is 0.188 e. The van der Waals surface area contributed by atoms with E-state index in [9.17, 15) is 0 Å². The van der Waals surface area contributed by atoms with E-state index in [4.69, 9.17) is 5.73 Å². The summed E-state index contributed by atoms with van der Waals surface area (Å²) < 4.78 is 0. The Bertz CT molecular complexity index is 252. The van der Waals surface area contributed by atoms with E-state index in [1.165, 1.54) is 4.80 Å². The minimum atomic E-state index is 0.667. The summed E-state index contributed by atoms with van der Waals surface area (Å²) in [5.74, 6) is 0.759. The molecule has 0 bridgehead atoms. The molecule has 80 valence electrons. The Hall–Kier alpha value is -1.01. The Morgan fingerprint density at radius 3 is 2.71 bits per heavy atom. The molecule has 0 aliphatic carbocycles. The van der Waals surface area contributed by atoms with Crippen molar-refractivity contribution in [1.29, 1.82) is 0 Å². The van der Waals surface area contributed by atoms with Crippen LogP contribution in [0.5, 0.6) is 0 Å². The van der Waals surface area contributed by atoms with E-state index in [0.717, 1.165) is 31.9 Å². The molecule has 1 aromatic heterocycles. The lowest BCUT2D eigenvalue weighted by Crippen LogP contribution is -2.30. The molecule has 6 nitrogen and oxygen atoms in total. The molecule has 0 saturated heterocycles. The summed E-state index contributed by atoms with van der Waals surface area (Å²) >= 11 is 0. The van der Waals surface area contributed by atoms with Gasteiger partial charge in [-0.2, -0.15) is 4.80 Å². The molecule has 0 aliphatic heterocycles. The van der Waals surface area contributed by atoms with Crippen molar-refractivity contribution >= 4 is 0 Å². The molecule has 0 unspecified atom stereocenters. The molecule has 0 radical (unpaired) electrons. The van der Waals surface area contributed by atoms with Crippen LogP contribution in [0.15, 0.2) is 0 Å². The van der Waals surface area contributed by atoms with Crippen LogP contribution in [0.1, 0.15) is 19.2 Å². The Balaban J connectivity index is 2.46. The van der Waals surface area contributed by atoms with Crippen molar-refractivity contribution in [3.8, 4) is 0 Å². The maximum atomic E-state index is 5.52. The van der Waals surface area contributed by atoms with Crippen molar-refractivity contribution < 1.29 is 0 Å². The molecule has 0 aliphatic rings. The number of hydrogen-bond donors (Lipinski definition) is 1. The lowest BCUT2D eigenvalue weighted by atomic mass is 10.4. The first-order valence-corrected chi connectivity index (χ1v) is 4.91. The largest absolute Gasteiger partial charge is 0.329 e. The van der Waals surface area contributed by atoms with Gasteiger partial charge in [-0.05, 0) is 18.2 Å². The summed E-state index contributed by atoms with van der Waals surface area (Å²) in [5, 5.41) is 11.9. The molecular weight excluding hydrogens is 180 g/mol. The topological polar surface area (TPSA) is 72.9 Å². The number of tetrazole rings is 1. The zero-order valence-corrected chi connectivity index (χ0v) is 8.85. The Morgan fingerprint density at radius 2 is 2.21 bits per heavy atom. The minimum absolute atomic E-state index is 0.667. The van der Waals surface area contributed by atoms with Crippen LogP contribution in [-0.4, -0.2) is 44.7 Å². The number of hydrogen-bond acceptors (Lipinski definition) is 5. The molecule has 0 aromatic carbocycles. The maximum absolute atomic E-state index is 5.52. The molecule has 0 atom stereocenters. The van der Waals surface area contributed by atoms with Gasteiger partial charge in [0.2, 0.25) is 0 Å². The van der Waals surface area contributed by atoms with Crippen LogP contribution in [0.4, 0.5) is 0 Å². The highest BCUT2D eigenvalue weighted by Gasteiger charge is 2.07. The molecule has 14 heavy (non-hydrogen) atoms. The highest BCUT2D eigenvalue weighted by atomic mass is 15.6. The predicted molar refractivity (Wildman–Crippen MR) is 53.4 cm³/mol. The van der Waals surface area contributed by atoms with E-state index >= 15 is 0 Å². The molecule has 1 rings (SSSR count). The van der Waals surface area contributed by atoms with Gasteiger partial charge in [0.05, 0.1) is 13.6 Å². The summed E-state index contributed by atoms with van der Waals surface area (Å²) in [6.45, 7) is 5.45. The highest BCUT2D eigenvalue weighted by molar-refractivity contribution is 4.77. The van der Waals surface area contributed by atoms with Gasteiger partial charge >= 0.3 is 0 Å². The summed E-state index contributed by atoms with van der Waals surface area (Å²) in [7, 11) is 1.77. The first kappa shape index (κ1) is 11.1. The Morgan fingerprint density at radius 1 is 1.43 bits per heavy atom. The molecule has 1 heterocycles. The van der Waals surface area contributed by atoms with Crippen molar-refractivity contribution in [2.45, 2.75) is 19.9 Å². The number of rotatable bonds is 6. The second kappa shape index (κ2) is 5.66. The zero-order valence-electron chi connectivity index (χ0n) is 8.85. The summed E-state index contributed by atoms with van der Waals surface area (Å²) in [6, 6.07) is 0. The quantitative estimate of drug-likeness (QED) is 0.659. The zero-order chi connectivity index (χ0) is 10.4. The van der Waals surface area contributed by atoms with Gasteiger partial charge in [0.1, 0.15) is 0 Å². The summed E-state index contributed by atoms with van der Waals surface area (Å²) in [6.07, 6.45) is 1.11. The summed E-state index contributed by atoms with van der Waals surface area (Å²) in [5.41, 5.74) is 5.52. The molecule has 6 heteroatoms. The molecular formula is C8H18N6. The third-order valence-electron chi connectivity index (χ3n) is 1.90. The van der Waals surface area contributed by atoms with Gasteiger partial charge in [0.15, 0.2) is 5.82 Å². The van der Waals surface area contributed by atoms with Gasteiger partial charge in [0, 0.05) is 13.1 Å². The van der Waals surface area contributed by atoms with Crippen molar-refractivity contribution in [1.82, 2.24) is 25.1 Å². The van der Waals surface area contributed by atoms with Crippen LogP contribution in [0, 0.1) is 0 Å². The van der Waals surface area contributed by atoms with E-state index in [1.54, 1.807) is 7.05 Å². The van der Waals surface area contributed by atoms with E-state index in [-0.39, 0.29) is 0 Å². The Kier molecular flexibility index (Phi) is 4.48. The van der Waals surface area contributed by atoms with Gasteiger partial charge in [0.25, 0.3) is 0 Å². The van der Waals surface area contributed by atoms with E-state index in [1.807, 2.05) is 0 Å². The molecule has 0 spiro atoms. The monoisotopic (exact) mass is 198 g/mol. The molecule has 1 aromatic rings. The molecule has 0 amide bonds. The number of nitrogens with zero attached hydrogens (tertiary/aromatic N) is 5. The van der Waals surface area contributed by atoms with E-state index in [2.05, 4.69) is 27.2 Å². The van der Waals surface area contributed by atoms with Gasteiger partial charge in [-0.15, -0.1) is 10.2 Å². The highest BCUT2D eigenvalue weighted by Crippen LogP contribution is 1.97. The lowest BCUT2D eigenvalue weighted by molar-refractivity contribution is 0.266. The van der Waals surface area contributed by atoms with E-state index < -0.39 is 0 Å². The molecule has 0 saturated carbocycles. The number of aryl methyl sites for hydroxylation is 1. The fourth-order valence-corrected chi connectivity index (χ4v) is 1.36. The SMILES string of the molecule is CCCN(CCN)Cc1nnn(C)n1. The second-order valence-corrected chi connectivity index (χ2v) is 3.26. The molecule has 0 fully saturated rings. The molecule has 2 N–H and O–H groups in total. The standard InChI is InChI=1S/C8H18N6/c1-3-5-14(6-4-9)7-8-10-12-13(2)11-8/h3-7,9H2,1-2H3. The number of aromatic nitrogens is 4. The van der Waals surface area contributed by atoms with Crippen molar-refractivity contribution in [3.63, 3.8) is 0 Å².